The fraction of sp³-hybridized carbons (Fsp3) is 0.750. The molecular formula is C16H29N5. The van der Waals surface area contributed by atoms with Crippen LogP contribution in [0.4, 0.5) is 11.8 Å². The van der Waals surface area contributed by atoms with Crippen molar-refractivity contribution in [1.82, 2.24) is 14.9 Å². The highest BCUT2D eigenvalue weighted by Crippen LogP contribution is 2.21. The first-order valence-electron chi connectivity index (χ1n) is 8.14. The summed E-state index contributed by atoms with van der Waals surface area (Å²) >= 11 is 0. The second-order valence-electron chi connectivity index (χ2n) is 6.28. The average molecular weight is 291 g/mol. The minimum Gasteiger partial charge on any atom is -0.367 e. The van der Waals surface area contributed by atoms with E-state index in [2.05, 4.69) is 39.6 Å². The number of aryl methyl sites for hydroxylation is 1. The molecule has 0 aromatic carbocycles. The molecule has 1 aliphatic rings. The normalized spacial score (nSPS) is 16.2. The molecule has 0 aliphatic heterocycles. The lowest BCUT2D eigenvalue weighted by Gasteiger charge is -2.23. The van der Waals surface area contributed by atoms with Crippen molar-refractivity contribution in [2.75, 3.05) is 37.8 Å². The Morgan fingerprint density at radius 3 is 2.67 bits per heavy atom. The van der Waals surface area contributed by atoms with E-state index in [-0.39, 0.29) is 0 Å². The third-order valence-electron chi connectivity index (χ3n) is 3.88. The van der Waals surface area contributed by atoms with Crippen LogP contribution in [0, 0.1) is 6.92 Å². The predicted octanol–water partition coefficient (Wildman–Crippen LogP) is 2.89. The molecule has 1 heterocycles. The van der Waals surface area contributed by atoms with Gasteiger partial charge >= 0.3 is 0 Å². The minimum atomic E-state index is 0.578. The molecule has 1 fully saturated rings. The smallest absolute Gasteiger partial charge is 0.224 e. The van der Waals surface area contributed by atoms with Crippen LogP contribution in [0.3, 0.4) is 0 Å². The molecule has 0 amide bonds. The van der Waals surface area contributed by atoms with E-state index >= 15 is 0 Å². The zero-order valence-corrected chi connectivity index (χ0v) is 13.7. The van der Waals surface area contributed by atoms with Crippen molar-refractivity contribution in [3.63, 3.8) is 0 Å². The fourth-order valence-corrected chi connectivity index (χ4v) is 2.77. The van der Waals surface area contributed by atoms with Crippen molar-refractivity contribution in [2.45, 2.75) is 51.5 Å². The number of hydrogen-bond donors (Lipinski definition) is 2. The molecule has 1 saturated carbocycles. The summed E-state index contributed by atoms with van der Waals surface area (Å²) in [6.07, 6.45) is 7.65. The molecule has 0 unspecified atom stereocenters. The van der Waals surface area contributed by atoms with Crippen molar-refractivity contribution in [3.05, 3.63) is 11.8 Å². The Kier molecular flexibility index (Phi) is 6.23. The lowest BCUT2D eigenvalue weighted by molar-refractivity contribution is 0.405. The summed E-state index contributed by atoms with van der Waals surface area (Å²) < 4.78 is 0. The fourth-order valence-electron chi connectivity index (χ4n) is 2.77. The maximum Gasteiger partial charge on any atom is 0.224 e. The summed E-state index contributed by atoms with van der Waals surface area (Å²) in [6.45, 7) is 4.01. The van der Waals surface area contributed by atoms with Crippen LogP contribution in [0.1, 0.15) is 44.2 Å². The molecule has 21 heavy (non-hydrogen) atoms. The van der Waals surface area contributed by atoms with Crippen LogP contribution >= 0.6 is 0 Å². The molecule has 118 valence electrons. The third kappa shape index (κ3) is 5.87. The van der Waals surface area contributed by atoms with Crippen molar-refractivity contribution in [2.24, 2.45) is 0 Å². The van der Waals surface area contributed by atoms with Crippen LogP contribution in [0.5, 0.6) is 0 Å². The lowest BCUT2D eigenvalue weighted by atomic mass is 9.95. The van der Waals surface area contributed by atoms with Gasteiger partial charge in [0.2, 0.25) is 5.95 Å². The standard InChI is InChI=1S/C16H29N5/c1-13-12-15(19-14-8-5-4-6-9-14)20-16(18-13)17-10-7-11-21(2)3/h12,14H,4-11H2,1-3H3,(H2,17,18,19,20). The summed E-state index contributed by atoms with van der Waals surface area (Å²) in [4.78, 5) is 11.3. The highest BCUT2D eigenvalue weighted by molar-refractivity contribution is 5.42. The molecule has 0 atom stereocenters. The van der Waals surface area contributed by atoms with Crippen LogP contribution < -0.4 is 10.6 Å². The Balaban J connectivity index is 1.86. The second kappa shape index (κ2) is 8.17. The topological polar surface area (TPSA) is 53.1 Å². The predicted molar refractivity (Wildman–Crippen MR) is 88.9 cm³/mol. The highest BCUT2D eigenvalue weighted by atomic mass is 15.1. The number of nitrogens with zero attached hydrogens (tertiary/aromatic N) is 3. The SMILES string of the molecule is Cc1cc(NC2CCCCC2)nc(NCCCN(C)C)n1. The molecule has 2 N–H and O–H groups in total. The van der Waals surface area contributed by atoms with Crippen LogP contribution in [-0.2, 0) is 0 Å². The van der Waals surface area contributed by atoms with E-state index in [0.29, 0.717) is 6.04 Å². The van der Waals surface area contributed by atoms with Gasteiger partial charge < -0.3 is 15.5 Å². The highest BCUT2D eigenvalue weighted by Gasteiger charge is 2.14. The lowest BCUT2D eigenvalue weighted by Crippen LogP contribution is -2.23. The van der Waals surface area contributed by atoms with E-state index in [1.54, 1.807) is 0 Å². The van der Waals surface area contributed by atoms with Gasteiger partial charge in [0, 0.05) is 24.3 Å². The molecule has 1 aromatic heterocycles. The Labute approximate surface area is 128 Å². The van der Waals surface area contributed by atoms with E-state index in [1.807, 2.05) is 13.0 Å². The molecule has 5 nitrogen and oxygen atoms in total. The third-order valence-corrected chi connectivity index (χ3v) is 3.88. The Morgan fingerprint density at radius 2 is 1.95 bits per heavy atom. The van der Waals surface area contributed by atoms with Crippen LogP contribution in [0.2, 0.25) is 0 Å². The summed E-state index contributed by atoms with van der Waals surface area (Å²) in [6, 6.07) is 2.62. The van der Waals surface area contributed by atoms with Crippen LogP contribution in [0.15, 0.2) is 6.07 Å². The monoisotopic (exact) mass is 291 g/mol. The van der Waals surface area contributed by atoms with Gasteiger partial charge in [-0.15, -0.1) is 0 Å². The zero-order valence-electron chi connectivity index (χ0n) is 13.7. The minimum absolute atomic E-state index is 0.578. The first-order chi connectivity index (χ1) is 10.1. The summed E-state index contributed by atoms with van der Waals surface area (Å²) in [5, 5.41) is 6.90. The van der Waals surface area contributed by atoms with Crippen LogP contribution in [-0.4, -0.2) is 48.1 Å². The number of hydrogen-bond acceptors (Lipinski definition) is 5. The zero-order chi connectivity index (χ0) is 15.1. The van der Waals surface area contributed by atoms with Gasteiger partial charge in [-0.05, 0) is 46.8 Å². The second-order valence-corrected chi connectivity index (χ2v) is 6.28. The van der Waals surface area contributed by atoms with Crippen molar-refractivity contribution in [3.8, 4) is 0 Å². The van der Waals surface area contributed by atoms with E-state index in [1.165, 1.54) is 32.1 Å². The molecular weight excluding hydrogens is 262 g/mol. The van der Waals surface area contributed by atoms with E-state index in [0.717, 1.165) is 37.0 Å². The summed E-state index contributed by atoms with van der Waals surface area (Å²) in [5.41, 5.74) is 1.01. The first kappa shape index (κ1) is 16.0. The molecule has 0 spiro atoms. The van der Waals surface area contributed by atoms with Crippen molar-refractivity contribution < 1.29 is 0 Å². The summed E-state index contributed by atoms with van der Waals surface area (Å²) in [5.74, 6) is 1.71. The number of anilines is 2. The number of nitrogens with one attached hydrogen (secondary N) is 2. The molecule has 0 radical (unpaired) electrons. The largest absolute Gasteiger partial charge is 0.367 e. The van der Waals surface area contributed by atoms with Crippen molar-refractivity contribution >= 4 is 11.8 Å². The molecule has 1 aromatic rings. The maximum absolute atomic E-state index is 4.60. The van der Waals surface area contributed by atoms with Gasteiger partial charge in [0.25, 0.3) is 0 Å². The van der Waals surface area contributed by atoms with Gasteiger partial charge in [-0.3, -0.25) is 0 Å². The van der Waals surface area contributed by atoms with Gasteiger partial charge in [0.05, 0.1) is 0 Å². The average Bonchev–Trinajstić information content (AvgIpc) is 2.44. The van der Waals surface area contributed by atoms with Gasteiger partial charge in [0.1, 0.15) is 5.82 Å². The Morgan fingerprint density at radius 1 is 1.19 bits per heavy atom. The Bertz CT molecular complexity index is 427. The first-order valence-corrected chi connectivity index (χ1v) is 8.14. The van der Waals surface area contributed by atoms with Gasteiger partial charge in [-0.25, -0.2) is 4.98 Å². The van der Waals surface area contributed by atoms with E-state index in [4.69, 9.17) is 0 Å². The molecule has 0 bridgehead atoms. The quantitative estimate of drug-likeness (QED) is 0.757. The number of rotatable bonds is 7. The number of aromatic nitrogens is 2. The Hall–Kier alpha value is -1.36. The van der Waals surface area contributed by atoms with Crippen LogP contribution in [0.25, 0.3) is 0 Å². The molecule has 5 heteroatoms. The maximum atomic E-state index is 4.60. The molecule has 2 rings (SSSR count). The van der Waals surface area contributed by atoms with Gasteiger partial charge in [-0.2, -0.15) is 4.98 Å². The van der Waals surface area contributed by atoms with Gasteiger partial charge in [0.15, 0.2) is 0 Å². The van der Waals surface area contributed by atoms with E-state index < -0.39 is 0 Å². The molecule has 1 aliphatic carbocycles. The molecule has 0 saturated heterocycles. The summed E-state index contributed by atoms with van der Waals surface area (Å²) in [7, 11) is 4.19. The van der Waals surface area contributed by atoms with Gasteiger partial charge in [-0.1, -0.05) is 19.3 Å². The van der Waals surface area contributed by atoms with Crippen molar-refractivity contribution in [1.29, 1.82) is 0 Å². The van der Waals surface area contributed by atoms with E-state index in [9.17, 15) is 0 Å².